The number of quaternary nitrogens is 1. The van der Waals surface area contributed by atoms with Crippen molar-refractivity contribution >= 4 is 38.2 Å². The molecule has 0 aliphatic carbocycles. The molecule has 1 aromatic heterocycles. The number of hydrogen-bond acceptors (Lipinski definition) is 6. The molecule has 1 amide bonds. The van der Waals surface area contributed by atoms with Gasteiger partial charge in [-0.3, -0.25) is 4.79 Å². The Balaban J connectivity index is 2.50. The molecule has 3 rings (SSSR count). The monoisotopic (exact) mass is 338 g/mol. The quantitative estimate of drug-likeness (QED) is 0.799. The number of nitrogens with zero attached hydrogens (tertiary/aromatic N) is 2. The van der Waals surface area contributed by atoms with E-state index in [1.165, 1.54) is 25.4 Å². The van der Waals surface area contributed by atoms with Gasteiger partial charge in [0.2, 0.25) is 0 Å². The Morgan fingerprint density at radius 3 is 2.64 bits per heavy atom. The SMILES string of the molecule is C[N+]1(c2nccs2)C(C(N)=O)=C(O)c2ccccc2S1(=O)=O. The molecular weight excluding hydrogens is 326 g/mol. The average molecular weight is 338 g/mol. The van der Waals surface area contributed by atoms with Crippen molar-refractivity contribution in [3.63, 3.8) is 0 Å². The maximum Gasteiger partial charge on any atom is 0.339 e. The first-order chi connectivity index (χ1) is 10.3. The molecular formula is C13H12N3O4S2+. The van der Waals surface area contributed by atoms with Crippen molar-refractivity contribution in [3.05, 3.63) is 47.1 Å². The number of amides is 1. The second-order valence-electron chi connectivity index (χ2n) is 4.77. The lowest BCUT2D eigenvalue weighted by Crippen LogP contribution is -2.55. The zero-order chi connectivity index (χ0) is 16.1. The van der Waals surface area contributed by atoms with Crippen LogP contribution in [0.5, 0.6) is 0 Å². The Labute approximate surface area is 130 Å². The molecule has 1 atom stereocenters. The van der Waals surface area contributed by atoms with Gasteiger partial charge >= 0.3 is 21.1 Å². The minimum Gasteiger partial charge on any atom is -0.502 e. The van der Waals surface area contributed by atoms with Gasteiger partial charge in [0.25, 0.3) is 5.70 Å². The molecule has 0 bridgehead atoms. The maximum atomic E-state index is 13.1. The number of primary amides is 1. The molecule has 2 aromatic rings. The predicted octanol–water partition coefficient (Wildman–Crippen LogP) is 1.19. The minimum absolute atomic E-state index is 0.0588. The molecule has 0 radical (unpaired) electrons. The Morgan fingerprint density at radius 2 is 2.05 bits per heavy atom. The van der Waals surface area contributed by atoms with Gasteiger partial charge in [0, 0.05) is 17.1 Å². The number of thiazole rings is 1. The van der Waals surface area contributed by atoms with E-state index in [2.05, 4.69) is 4.98 Å². The van der Waals surface area contributed by atoms with E-state index in [-0.39, 0.29) is 15.6 Å². The third kappa shape index (κ3) is 1.67. The minimum atomic E-state index is -4.07. The normalized spacial score (nSPS) is 23.1. The van der Waals surface area contributed by atoms with Crippen molar-refractivity contribution in [2.24, 2.45) is 5.73 Å². The van der Waals surface area contributed by atoms with E-state index < -0.39 is 31.3 Å². The first kappa shape index (κ1) is 14.7. The van der Waals surface area contributed by atoms with E-state index in [4.69, 9.17) is 5.73 Å². The van der Waals surface area contributed by atoms with Crippen LogP contribution < -0.4 is 9.62 Å². The Morgan fingerprint density at radius 1 is 1.36 bits per heavy atom. The number of carbonyl (C=O) groups is 1. The molecule has 1 aliphatic rings. The Bertz CT molecular complexity index is 903. The van der Waals surface area contributed by atoms with E-state index in [1.54, 1.807) is 17.5 Å². The number of carbonyl (C=O) groups excluding carboxylic acids is 1. The molecule has 0 fully saturated rings. The van der Waals surface area contributed by atoms with Crippen molar-refractivity contribution in [1.29, 1.82) is 0 Å². The van der Waals surface area contributed by atoms with Crippen LogP contribution >= 0.6 is 11.3 Å². The zero-order valence-corrected chi connectivity index (χ0v) is 13.1. The molecule has 0 spiro atoms. The number of nitrogens with two attached hydrogens (primary N) is 1. The number of rotatable bonds is 2. The van der Waals surface area contributed by atoms with Gasteiger partial charge in [0.15, 0.2) is 5.76 Å². The highest BCUT2D eigenvalue weighted by molar-refractivity contribution is 7.91. The Hall–Kier alpha value is -2.23. The van der Waals surface area contributed by atoms with Crippen molar-refractivity contribution in [3.8, 4) is 0 Å². The second kappa shape index (κ2) is 4.63. The van der Waals surface area contributed by atoms with Crippen LogP contribution in [0.4, 0.5) is 5.13 Å². The van der Waals surface area contributed by atoms with Gasteiger partial charge in [-0.15, -0.1) is 3.89 Å². The third-order valence-corrected chi connectivity index (χ3v) is 6.85. The van der Waals surface area contributed by atoms with Crippen LogP contribution in [0.3, 0.4) is 0 Å². The molecule has 2 heterocycles. The average Bonchev–Trinajstić information content (AvgIpc) is 3.00. The summed E-state index contributed by atoms with van der Waals surface area (Å²) < 4.78 is 25.2. The highest BCUT2D eigenvalue weighted by Crippen LogP contribution is 2.44. The fourth-order valence-electron chi connectivity index (χ4n) is 2.49. The Kier molecular flexibility index (Phi) is 3.09. The van der Waals surface area contributed by atoms with Gasteiger partial charge in [-0.05, 0) is 12.1 Å². The summed E-state index contributed by atoms with van der Waals surface area (Å²) in [5, 5.41) is 12.1. The standard InChI is InChI=1S/C13H11N3O4S2/c1-16(13-15-6-7-21-13)10(12(14)18)11(17)8-4-2-3-5-9(8)22(16,19)20/h2-7H,1H3,(H2-,14,17,18)/p+1. The smallest absolute Gasteiger partial charge is 0.339 e. The topological polar surface area (TPSA) is 110 Å². The zero-order valence-electron chi connectivity index (χ0n) is 11.4. The molecule has 9 heteroatoms. The predicted molar refractivity (Wildman–Crippen MR) is 82.2 cm³/mol. The molecule has 1 aliphatic heterocycles. The van der Waals surface area contributed by atoms with Crippen LogP contribution in [-0.4, -0.2) is 31.5 Å². The number of likely N-dealkylation sites (N-methyl/N-ethyl adjacent to an activating group) is 1. The van der Waals surface area contributed by atoms with E-state index in [0.717, 1.165) is 11.3 Å². The first-order valence-electron chi connectivity index (χ1n) is 6.16. The summed E-state index contributed by atoms with van der Waals surface area (Å²) in [6, 6.07) is 5.92. The van der Waals surface area contributed by atoms with Gasteiger partial charge in [0.05, 0.1) is 7.05 Å². The number of aromatic nitrogens is 1. The van der Waals surface area contributed by atoms with Gasteiger partial charge in [-0.1, -0.05) is 23.5 Å². The van der Waals surface area contributed by atoms with Crippen LogP contribution in [0, 0.1) is 0 Å². The van der Waals surface area contributed by atoms with Gasteiger partial charge in [-0.2, -0.15) is 13.4 Å². The summed E-state index contributed by atoms with van der Waals surface area (Å²) in [6.07, 6.45) is 1.43. The lowest BCUT2D eigenvalue weighted by molar-refractivity contribution is -0.115. The van der Waals surface area contributed by atoms with Gasteiger partial charge in [-0.25, -0.2) is 0 Å². The highest BCUT2D eigenvalue weighted by atomic mass is 32.2. The van der Waals surface area contributed by atoms with Crippen molar-refractivity contribution in [2.45, 2.75) is 4.90 Å². The van der Waals surface area contributed by atoms with Crippen LogP contribution in [0.2, 0.25) is 0 Å². The van der Waals surface area contributed by atoms with Crippen molar-refractivity contribution in [1.82, 2.24) is 8.87 Å². The van der Waals surface area contributed by atoms with Crippen LogP contribution in [-0.2, 0) is 14.8 Å². The van der Waals surface area contributed by atoms with E-state index in [9.17, 15) is 18.3 Å². The molecule has 0 saturated carbocycles. The van der Waals surface area contributed by atoms with Crippen molar-refractivity contribution in [2.75, 3.05) is 7.05 Å². The molecule has 1 aromatic carbocycles. The number of hydrogen-bond donors (Lipinski definition) is 2. The molecule has 3 N–H and O–H groups in total. The number of sulfonamides is 1. The summed E-state index contributed by atoms with van der Waals surface area (Å²) in [4.78, 5) is 15.8. The van der Waals surface area contributed by atoms with Crippen molar-refractivity contribution < 1.29 is 18.3 Å². The number of aliphatic hydroxyl groups is 1. The first-order valence-corrected chi connectivity index (χ1v) is 8.48. The number of benzene rings is 1. The molecule has 1 unspecified atom stereocenters. The van der Waals surface area contributed by atoms with Crippen LogP contribution in [0.15, 0.2) is 46.4 Å². The summed E-state index contributed by atoms with van der Waals surface area (Å²) in [6.45, 7) is 0. The number of fused-ring (bicyclic) bond motifs is 1. The van der Waals surface area contributed by atoms with Crippen LogP contribution in [0.1, 0.15) is 5.56 Å². The lowest BCUT2D eigenvalue weighted by atomic mass is 10.1. The summed E-state index contributed by atoms with van der Waals surface area (Å²) in [5.74, 6) is -1.47. The second-order valence-corrected chi connectivity index (χ2v) is 7.76. The van der Waals surface area contributed by atoms with Gasteiger partial charge in [0.1, 0.15) is 4.90 Å². The largest absolute Gasteiger partial charge is 0.502 e. The summed E-state index contributed by atoms with van der Waals surface area (Å²) in [5.41, 5.74) is 4.99. The summed E-state index contributed by atoms with van der Waals surface area (Å²) >= 11 is 1.06. The fraction of sp³-hybridized carbons (Fsp3) is 0.0769. The number of aliphatic hydroxyl groups excluding tert-OH is 1. The van der Waals surface area contributed by atoms with Gasteiger partial charge < -0.3 is 10.8 Å². The lowest BCUT2D eigenvalue weighted by Gasteiger charge is -2.33. The summed E-state index contributed by atoms with van der Waals surface area (Å²) in [7, 11) is -2.79. The molecule has 7 nitrogen and oxygen atoms in total. The molecule has 114 valence electrons. The highest BCUT2D eigenvalue weighted by Gasteiger charge is 2.56. The third-order valence-electron chi connectivity index (χ3n) is 3.57. The fourth-order valence-corrected chi connectivity index (χ4v) is 5.32. The maximum absolute atomic E-state index is 13.1. The molecule has 22 heavy (non-hydrogen) atoms. The van der Waals surface area contributed by atoms with Crippen LogP contribution in [0.25, 0.3) is 5.76 Å². The van der Waals surface area contributed by atoms with E-state index in [1.807, 2.05) is 0 Å². The van der Waals surface area contributed by atoms with E-state index in [0.29, 0.717) is 0 Å². The molecule has 0 saturated heterocycles. The van der Waals surface area contributed by atoms with E-state index >= 15 is 0 Å².